The molecule has 2 rings (SSSR count). The van der Waals surface area contributed by atoms with Gasteiger partial charge in [-0.1, -0.05) is 199 Å². The van der Waals surface area contributed by atoms with Crippen molar-refractivity contribution in [1.82, 2.24) is 5.32 Å². The second-order valence-corrected chi connectivity index (χ2v) is 14.7. The van der Waals surface area contributed by atoms with Gasteiger partial charge in [-0.2, -0.15) is 0 Å². The zero-order chi connectivity index (χ0) is 29.4. The quantitative estimate of drug-likeness (QED) is 0.303. The SMILES string of the molecule is C1CCCCCCCCCCCCCCCCCC2CCC(COC2)NCCCCCCCCCCCCCCCC1. The molecular formula is C40H79NO. The van der Waals surface area contributed by atoms with E-state index in [0.717, 1.165) is 19.1 Å². The smallest absolute Gasteiger partial charge is 0.0619 e. The van der Waals surface area contributed by atoms with Crippen LogP contribution < -0.4 is 5.32 Å². The van der Waals surface area contributed by atoms with Crippen LogP contribution in [0.2, 0.25) is 0 Å². The Hall–Kier alpha value is -0.0800. The van der Waals surface area contributed by atoms with Gasteiger partial charge in [0.05, 0.1) is 6.61 Å². The van der Waals surface area contributed by atoms with Crippen LogP contribution in [0.25, 0.3) is 0 Å². The van der Waals surface area contributed by atoms with E-state index in [1.54, 1.807) is 0 Å². The molecule has 2 heterocycles. The molecule has 2 saturated heterocycles. The van der Waals surface area contributed by atoms with Crippen LogP contribution in [0.3, 0.4) is 0 Å². The first-order valence-electron chi connectivity index (χ1n) is 20.3. The maximum absolute atomic E-state index is 6.11. The highest BCUT2D eigenvalue weighted by atomic mass is 16.5. The number of hydrogen-bond acceptors (Lipinski definition) is 2. The van der Waals surface area contributed by atoms with Gasteiger partial charge in [-0.05, 0) is 38.1 Å². The van der Waals surface area contributed by atoms with Crippen LogP contribution >= 0.6 is 0 Å². The third-order valence-corrected chi connectivity index (χ3v) is 10.6. The van der Waals surface area contributed by atoms with Crippen molar-refractivity contribution >= 4 is 0 Å². The predicted molar refractivity (Wildman–Crippen MR) is 188 cm³/mol. The van der Waals surface area contributed by atoms with E-state index in [-0.39, 0.29) is 0 Å². The van der Waals surface area contributed by atoms with Crippen molar-refractivity contribution in [3.05, 3.63) is 0 Å². The number of ether oxygens (including phenoxy) is 1. The summed E-state index contributed by atoms with van der Waals surface area (Å²) >= 11 is 0. The molecule has 2 heteroatoms. The van der Waals surface area contributed by atoms with E-state index in [0.29, 0.717) is 6.04 Å². The lowest BCUT2D eigenvalue weighted by Crippen LogP contribution is -2.33. The molecule has 2 fully saturated rings. The summed E-state index contributed by atoms with van der Waals surface area (Å²) in [6.45, 7) is 3.15. The summed E-state index contributed by atoms with van der Waals surface area (Å²) in [7, 11) is 0. The van der Waals surface area contributed by atoms with Crippen molar-refractivity contribution in [3.63, 3.8) is 0 Å². The molecule has 2 aliphatic heterocycles. The van der Waals surface area contributed by atoms with Gasteiger partial charge in [0.25, 0.3) is 0 Å². The molecule has 1 N–H and O–H groups in total. The van der Waals surface area contributed by atoms with Crippen molar-refractivity contribution in [2.45, 2.75) is 231 Å². The molecule has 0 aliphatic carbocycles. The van der Waals surface area contributed by atoms with Crippen LogP contribution in [0.5, 0.6) is 0 Å². The van der Waals surface area contributed by atoms with Crippen molar-refractivity contribution in [1.29, 1.82) is 0 Å². The van der Waals surface area contributed by atoms with E-state index >= 15 is 0 Å². The molecule has 2 bridgehead atoms. The Balaban J connectivity index is 1.51. The van der Waals surface area contributed by atoms with Crippen molar-refractivity contribution in [2.75, 3.05) is 19.8 Å². The monoisotopic (exact) mass is 590 g/mol. The minimum absolute atomic E-state index is 0.602. The average molecular weight is 590 g/mol. The Bertz CT molecular complexity index is 478. The fourth-order valence-electron chi connectivity index (χ4n) is 7.54. The Labute approximate surface area is 266 Å². The zero-order valence-electron chi connectivity index (χ0n) is 28.9. The maximum atomic E-state index is 6.11. The second-order valence-electron chi connectivity index (χ2n) is 14.7. The van der Waals surface area contributed by atoms with Gasteiger partial charge >= 0.3 is 0 Å². The maximum Gasteiger partial charge on any atom is 0.0619 e. The standard InChI is InChI=1S/C40H79NO/c1-2-4-6-8-10-12-14-16-18-20-22-24-26-28-30-32-36-41-40-35-34-39(37-42-38-40)33-31-29-27-25-23-21-19-17-15-13-11-9-7-5-3-1/h39-41H,1-38H2. The van der Waals surface area contributed by atoms with Gasteiger partial charge < -0.3 is 10.1 Å². The Morgan fingerprint density at radius 1 is 0.286 bits per heavy atom. The van der Waals surface area contributed by atoms with E-state index in [2.05, 4.69) is 5.32 Å². The lowest BCUT2D eigenvalue weighted by Gasteiger charge is -2.16. The van der Waals surface area contributed by atoms with Crippen molar-refractivity contribution in [2.24, 2.45) is 5.92 Å². The number of hydrogen-bond donors (Lipinski definition) is 1. The summed E-state index contributed by atoms with van der Waals surface area (Å²) in [5.74, 6) is 0.812. The van der Waals surface area contributed by atoms with Crippen LogP contribution in [0, 0.1) is 5.92 Å². The molecular weight excluding hydrogens is 510 g/mol. The number of rotatable bonds is 0. The molecule has 2 nitrogen and oxygen atoms in total. The van der Waals surface area contributed by atoms with Crippen molar-refractivity contribution in [3.8, 4) is 0 Å². The van der Waals surface area contributed by atoms with Gasteiger partial charge in [0.2, 0.25) is 0 Å². The van der Waals surface area contributed by atoms with E-state index < -0.39 is 0 Å². The van der Waals surface area contributed by atoms with Crippen LogP contribution in [0.15, 0.2) is 0 Å². The summed E-state index contributed by atoms with van der Waals surface area (Å²) < 4.78 is 6.11. The summed E-state index contributed by atoms with van der Waals surface area (Å²) in [5, 5.41) is 3.83. The van der Waals surface area contributed by atoms with E-state index in [1.165, 1.54) is 231 Å². The Morgan fingerprint density at radius 3 is 0.952 bits per heavy atom. The summed E-state index contributed by atoms with van der Waals surface area (Å²) in [4.78, 5) is 0. The molecule has 2 aliphatic rings. The van der Waals surface area contributed by atoms with Crippen LogP contribution in [0.1, 0.15) is 225 Å². The molecule has 0 saturated carbocycles. The third kappa shape index (κ3) is 25.3. The van der Waals surface area contributed by atoms with Crippen LogP contribution in [0.4, 0.5) is 0 Å². The Morgan fingerprint density at radius 2 is 0.595 bits per heavy atom. The van der Waals surface area contributed by atoms with Gasteiger partial charge in [0, 0.05) is 12.6 Å². The first kappa shape index (κ1) is 38.1. The summed E-state index contributed by atoms with van der Waals surface area (Å²) in [6, 6.07) is 0.602. The number of fused-ring (bicyclic) bond motifs is 3. The molecule has 0 amide bonds. The van der Waals surface area contributed by atoms with Gasteiger partial charge in [-0.25, -0.2) is 0 Å². The molecule has 0 aromatic rings. The molecule has 0 aromatic carbocycles. The van der Waals surface area contributed by atoms with Gasteiger partial charge in [0.1, 0.15) is 0 Å². The third-order valence-electron chi connectivity index (χ3n) is 10.6. The molecule has 2 unspecified atom stereocenters. The van der Waals surface area contributed by atoms with Gasteiger partial charge in [0.15, 0.2) is 0 Å². The van der Waals surface area contributed by atoms with Gasteiger partial charge in [-0.3, -0.25) is 0 Å². The first-order valence-corrected chi connectivity index (χ1v) is 20.3. The fourth-order valence-corrected chi connectivity index (χ4v) is 7.54. The highest BCUT2D eigenvalue weighted by Crippen LogP contribution is 2.22. The van der Waals surface area contributed by atoms with Crippen LogP contribution in [-0.4, -0.2) is 25.8 Å². The molecule has 2 atom stereocenters. The molecule has 0 spiro atoms. The predicted octanol–water partition coefficient (Wildman–Crippen LogP) is 13.3. The van der Waals surface area contributed by atoms with E-state index in [9.17, 15) is 0 Å². The zero-order valence-corrected chi connectivity index (χ0v) is 28.9. The van der Waals surface area contributed by atoms with E-state index in [1.807, 2.05) is 0 Å². The minimum Gasteiger partial charge on any atom is -0.380 e. The fraction of sp³-hybridized carbons (Fsp3) is 1.00. The van der Waals surface area contributed by atoms with E-state index in [4.69, 9.17) is 4.74 Å². The molecule has 42 heavy (non-hydrogen) atoms. The number of nitrogens with one attached hydrogen (secondary N) is 1. The Kier molecular flexibility index (Phi) is 28.1. The second kappa shape index (κ2) is 30.9. The summed E-state index contributed by atoms with van der Waals surface area (Å²) in [5.41, 5.74) is 0. The highest BCUT2D eigenvalue weighted by molar-refractivity contribution is 4.73. The molecule has 250 valence electrons. The lowest BCUT2D eigenvalue weighted by molar-refractivity contribution is 0.0995. The largest absolute Gasteiger partial charge is 0.380 e. The van der Waals surface area contributed by atoms with Crippen molar-refractivity contribution < 1.29 is 4.74 Å². The lowest BCUT2D eigenvalue weighted by atomic mass is 9.95. The van der Waals surface area contributed by atoms with Crippen LogP contribution in [-0.2, 0) is 4.74 Å². The minimum atomic E-state index is 0.602. The normalized spacial score (nSPS) is 28.0. The molecule has 0 radical (unpaired) electrons. The average Bonchev–Trinajstić information content (AvgIpc) is 3.23. The first-order chi connectivity index (χ1) is 20.9. The van der Waals surface area contributed by atoms with Gasteiger partial charge in [-0.15, -0.1) is 0 Å². The topological polar surface area (TPSA) is 21.3 Å². The highest BCUT2D eigenvalue weighted by Gasteiger charge is 2.18. The molecule has 0 aromatic heterocycles. The summed E-state index contributed by atoms with van der Waals surface area (Å²) in [6.07, 6.45) is 51.2.